The molecule has 0 saturated heterocycles. The topological polar surface area (TPSA) is 101 Å². The molecule has 7 nitrogen and oxygen atoms in total. The molecule has 0 unspecified atom stereocenters. The number of methoxy groups -OCH3 is 1. The molecule has 0 heterocycles. The van der Waals surface area contributed by atoms with Crippen molar-refractivity contribution in [2.45, 2.75) is 19.3 Å². The zero-order chi connectivity index (χ0) is 13.5. The Balaban J connectivity index is 4.07. The molecule has 100 valence electrons. The summed E-state index contributed by atoms with van der Waals surface area (Å²) in [5, 5.41) is 8.40. The number of carbonyl (C=O) groups excluding carboxylic acids is 1. The Labute approximate surface area is 100 Å². The molecule has 8 heteroatoms. The molecular weight excluding hydrogens is 250 g/mol. The first-order chi connectivity index (χ1) is 7.79. The second-order valence-corrected chi connectivity index (χ2v) is 5.66. The number of rotatable bonds is 8. The van der Waals surface area contributed by atoms with Crippen LogP contribution in [0.2, 0.25) is 0 Å². The average molecular weight is 267 g/mol. The van der Waals surface area contributed by atoms with E-state index in [1.807, 2.05) is 0 Å². The van der Waals surface area contributed by atoms with E-state index in [-0.39, 0.29) is 13.0 Å². The summed E-state index contributed by atoms with van der Waals surface area (Å²) in [7, 11) is -0.944. The van der Waals surface area contributed by atoms with E-state index in [0.29, 0.717) is 6.42 Å². The van der Waals surface area contributed by atoms with E-state index in [1.54, 1.807) is 0 Å². The van der Waals surface area contributed by atoms with Gasteiger partial charge in [0.25, 0.3) is 0 Å². The lowest BCUT2D eigenvalue weighted by Crippen LogP contribution is -2.31. The summed E-state index contributed by atoms with van der Waals surface area (Å²) >= 11 is 0. The number of nitrogens with zero attached hydrogens (tertiary/aromatic N) is 1. The summed E-state index contributed by atoms with van der Waals surface area (Å²) in [5.41, 5.74) is 0. The highest BCUT2D eigenvalue weighted by molar-refractivity contribution is 7.89. The summed E-state index contributed by atoms with van der Waals surface area (Å²) < 4.78 is 28.5. The van der Waals surface area contributed by atoms with E-state index in [2.05, 4.69) is 4.74 Å². The number of ether oxygens (including phenoxy) is 1. The second kappa shape index (κ2) is 7.23. The molecule has 0 radical (unpaired) electrons. The van der Waals surface area contributed by atoms with Crippen molar-refractivity contribution >= 4 is 22.0 Å². The number of aliphatic carboxylic acids is 1. The van der Waals surface area contributed by atoms with Gasteiger partial charge in [-0.05, 0) is 6.42 Å². The van der Waals surface area contributed by atoms with Crippen molar-refractivity contribution in [3.8, 4) is 0 Å². The molecule has 0 aliphatic heterocycles. The smallest absolute Gasteiger partial charge is 0.305 e. The molecule has 0 saturated carbocycles. The van der Waals surface area contributed by atoms with Crippen LogP contribution in [0.4, 0.5) is 0 Å². The molecule has 17 heavy (non-hydrogen) atoms. The first kappa shape index (κ1) is 15.9. The van der Waals surface area contributed by atoms with Crippen molar-refractivity contribution in [3.05, 3.63) is 0 Å². The molecule has 0 aliphatic carbocycles. The van der Waals surface area contributed by atoms with E-state index in [1.165, 1.54) is 14.2 Å². The van der Waals surface area contributed by atoms with Crippen molar-refractivity contribution in [2.75, 3.05) is 26.5 Å². The predicted octanol–water partition coefficient (Wildman–Crippen LogP) is -0.324. The van der Waals surface area contributed by atoms with Crippen LogP contribution >= 0.6 is 0 Å². The maximum Gasteiger partial charge on any atom is 0.305 e. The largest absolute Gasteiger partial charge is 0.481 e. The van der Waals surface area contributed by atoms with E-state index < -0.39 is 34.1 Å². The average Bonchev–Trinajstić information content (AvgIpc) is 2.26. The molecule has 0 aliphatic rings. The van der Waals surface area contributed by atoms with Crippen LogP contribution < -0.4 is 0 Å². The molecule has 0 bridgehead atoms. The van der Waals surface area contributed by atoms with E-state index in [4.69, 9.17) is 5.11 Å². The van der Waals surface area contributed by atoms with Gasteiger partial charge in [-0.25, -0.2) is 12.7 Å². The number of carbonyl (C=O) groups is 2. The molecule has 0 aromatic carbocycles. The number of sulfonamides is 1. The van der Waals surface area contributed by atoms with E-state index in [0.717, 1.165) is 4.31 Å². The summed E-state index contributed by atoms with van der Waals surface area (Å²) in [6.45, 7) is 0.164. The van der Waals surface area contributed by atoms with Crippen molar-refractivity contribution in [3.63, 3.8) is 0 Å². The zero-order valence-corrected chi connectivity index (χ0v) is 10.7. The minimum atomic E-state index is -3.56. The van der Waals surface area contributed by atoms with Crippen LogP contribution in [0, 0.1) is 0 Å². The third-order valence-corrected chi connectivity index (χ3v) is 3.98. The van der Waals surface area contributed by atoms with Gasteiger partial charge in [0.05, 0.1) is 19.3 Å². The zero-order valence-electron chi connectivity index (χ0n) is 9.88. The van der Waals surface area contributed by atoms with E-state index in [9.17, 15) is 18.0 Å². The van der Waals surface area contributed by atoms with Gasteiger partial charge in [0, 0.05) is 20.0 Å². The fourth-order valence-electron chi connectivity index (χ4n) is 1.06. The summed E-state index contributed by atoms with van der Waals surface area (Å²) in [6, 6.07) is 0. The fourth-order valence-corrected chi connectivity index (χ4v) is 2.21. The predicted molar refractivity (Wildman–Crippen MR) is 59.9 cm³/mol. The molecule has 0 rings (SSSR count). The third kappa shape index (κ3) is 6.90. The Kier molecular flexibility index (Phi) is 6.74. The quantitative estimate of drug-likeness (QED) is 0.605. The van der Waals surface area contributed by atoms with Crippen molar-refractivity contribution in [2.24, 2.45) is 0 Å². The Morgan fingerprint density at radius 3 is 2.35 bits per heavy atom. The highest BCUT2D eigenvalue weighted by Gasteiger charge is 2.18. The molecule has 0 atom stereocenters. The fraction of sp³-hybridized carbons (Fsp3) is 0.778. The van der Waals surface area contributed by atoms with Crippen LogP contribution in [-0.2, 0) is 24.3 Å². The highest BCUT2D eigenvalue weighted by Crippen LogP contribution is 2.03. The maximum absolute atomic E-state index is 11.5. The number of carboxylic acid groups (broad SMARTS) is 1. The number of hydrogen-bond acceptors (Lipinski definition) is 5. The van der Waals surface area contributed by atoms with Crippen LogP contribution in [-0.4, -0.2) is 56.2 Å². The lowest BCUT2D eigenvalue weighted by molar-refractivity contribution is -0.140. The van der Waals surface area contributed by atoms with Gasteiger partial charge in [0.2, 0.25) is 10.0 Å². The summed E-state index contributed by atoms with van der Waals surface area (Å²) in [4.78, 5) is 21.1. The highest BCUT2D eigenvalue weighted by atomic mass is 32.2. The van der Waals surface area contributed by atoms with Crippen LogP contribution in [0.25, 0.3) is 0 Å². The van der Waals surface area contributed by atoms with Gasteiger partial charge in [-0.2, -0.15) is 0 Å². The first-order valence-electron chi connectivity index (χ1n) is 5.02. The minimum absolute atomic E-state index is 0.134. The number of carboxylic acids is 1. The number of esters is 1. The lowest BCUT2D eigenvalue weighted by atomic mass is 10.3. The van der Waals surface area contributed by atoms with Gasteiger partial charge in [-0.15, -0.1) is 0 Å². The summed E-state index contributed by atoms with van der Waals surface area (Å²) in [6.07, 6.45) is 0.0500. The Bertz CT molecular complexity index is 364. The SMILES string of the molecule is COC(=O)CCCN(C)S(=O)(=O)CCC(=O)O. The molecule has 0 aromatic heterocycles. The maximum atomic E-state index is 11.5. The third-order valence-electron chi connectivity index (χ3n) is 2.13. The molecular formula is C9H17NO6S. The van der Waals surface area contributed by atoms with Gasteiger partial charge >= 0.3 is 11.9 Å². The van der Waals surface area contributed by atoms with Crippen molar-refractivity contribution < 1.29 is 27.9 Å². The normalized spacial score (nSPS) is 11.5. The van der Waals surface area contributed by atoms with Gasteiger partial charge in [-0.1, -0.05) is 0 Å². The first-order valence-corrected chi connectivity index (χ1v) is 6.63. The molecule has 0 aromatic rings. The summed E-state index contributed by atoms with van der Waals surface area (Å²) in [5.74, 6) is -1.99. The Morgan fingerprint density at radius 1 is 1.29 bits per heavy atom. The Hall–Kier alpha value is -1.15. The van der Waals surface area contributed by atoms with Gasteiger partial charge in [0.1, 0.15) is 0 Å². The molecule has 1 N–H and O–H groups in total. The monoisotopic (exact) mass is 267 g/mol. The number of hydrogen-bond donors (Lipinski definition) is 1. The second-order valence-electron chi connectivity index (χ2n) is 3.46. The standard InChI is InChI=1S/C9H17NO6S/c1-10(6-3-4-9(13)16-2)17(14,15)7-5-8(11)12/h3-7H2,1-2H3,(H,11,12). The van der Waals surface area contributed by atoms with Crippen LogP contribution in [0.15, 0.2) is 0 Å². The van der Waals surface area contributed by atoms with Crippen LogP contribution in [0.1, 0.15) is 19.3 Å². The minimum Gasteiger partial charge on any atom is -0.481 e. The van der Waals surface area contributed by atoms with Crippen LogP contribution in [0.5, 0.6) is 0 Å². The lowest BCUT2D eigenvalue weighted by Gasteiger charge is -2.15. The Morgan fingerprint density at radius 2 is 1.88 bits per heavy atom. The van der Waals surface area contributed by atoms with Crippen LogP contribution in [0.3, 0.4) is 0 Å². The molecule has 0 spiro atoms. The molecule has 0 amide bonds. The molecule has 0 fully saturated rings. The van der Waals surface area contributed by atoms with Gasteiger partial charge < -0.3 is 9.84 Å². The van der Waals surface area contributed by atoms with E-state index >= 15 is 0 Å². The van der Waals surface area contributed by atoms with Crippen molar-refractivity contribution in [1.29, 1.82) is 0 Å². The van der Waals surface area contributed by atoms with Crippen molar-refractivity contribution in [1.82, 2.24) is 4.31 Å². The van der Waals surface area contributed by atoms with Gasteiger partial charge in [0.15, 0.2) is 0 Å². The van der Waals surface area contributed by atoms with Gasteiger partial charge in [-0.3, -0.25) is 9.59 Å².